The molecule has 1 aliphatic heterocycles. The smallest absolute Gasteiger partial charge is 0.0453 e. The number of nitrogens with one attached hydrogen (secondary N) is 1. The number of hydrogen-bond acceptors (Lipinski definition) is 2. The van der Waals surface area contributed by atoms with Gasteiger partial charge in [-0.3, -0.25) is 0 Å². The fraction of sp³-hybridized carbons (Fsp3) is 0.667. The molecule has 1 N–H and O–H groups in total. The molecule has 0 amide bonds. The van der Waals surface area contributed by atoms with Crippen LogP contribution in [0, 0.1) is 5.92 Å². The van der Waals surface area contributed by atoms with Crippen molar-refractivity contribution >= 4 is 11.6 Å². The molecule has 0 saturated carbocycles. The van der Waals surface area contributed by atoms with Gasteiger partial charge in [-0.2, -0.15) is 0 Å². The molecule has 1 fully saturated rings. The zero-order chi connectivity index (χ0) is 15.2. The number of piperidine rings is 1. The number of nitrogens with zero attached hydrogens (tertiary/aromatic N) is 1. The first-order valence-corrected chi connectivity index (χ1v) is 8.73. The highest BCUT2D eigenvalue weighted by atomic mass is 35.5. The second-order valence-corrected chi connectivity index (χ2v) is 6.72. The summed E-state index contributed by atoms with van der Waals surface area (Å²) in [5.41, 5.74) is 1.23. The van der Waals surface area contributed by atoms with E-state index in [1.54, 1.807) is 0 Å². The third-order valence-corrected chi connectivity index (χ3v) is 5.28. The molecule has 0 aliphatic carbocycles. The SMILES string of the molecule is CCNC(CCN1CCCC(C)C1C)c1ccccc1Cl. The van der Waals surface area contributed by atoms with E-state index in [0.29, 0.717) is 12.1 Å². The number of likely N-dealkylation sites (tertiary alicyclic amines) is 1. The van der Waals surface area contributed by atoms with Gasteiger partial charge in [0.05, 0.1) is 0 Å². The molecular weight excluding hydrogens is 280 g/mol. The van der Waals surface area contributed by atoms with Gasteiger partial charge < -0.3 is 10.2 Å². The van der Waals surface area contributed by atoms with Crippen LogP contribution in [0.15, 0.2) is 24.3 Å². The highest BCUT2D eigenvalue weighted by molar-refractivity contribution is 6.31. The molecular formula is C18H29ClN2. The Bertz CT molecular complexity index is 435. The van der Waals surface area contributed by atoms with Gasteiger partial charge in [-0.05, 0) is 56.8 Å². The van der Waals surface area contributed by atoms with E-state index in [1.165, 1.54) is 24.9 Å². The highest BCUT2D eigenvalue weighted by Crippen LogP contribution is 2.27. The van der Waals surface area contributed by atoms with E-state index in [9.17, 15) is 0 Å². The van der Waals surface area contributed by atoms with Crippen LogP contribution in [0.25, 0.3) is 0 Å². The summed E-state index contributed by atoms with van der Waals surface area (Å²) in [5.74, 6) is 0.816. The molecule has 2 rings (SSSR count). The average Bonchev–Trinajstić information content (AvgIpc) is 2.48. The van der Waals surface area contributed by atoms with Gasteiger partial charge in [0, 0.05) is 23.7 Å². The number of halogens is 1. The average molecular weight is 309 g/mol. The molecule has 3 unspecified atom stereocenters. The van der Waals surface area contributed by atoms with Crippen molar-refractivity contribution in [1.82, 2.24) is 10.2 Å². The second kappa shape index (κ2) is 8.17. The van der Waals surface area contributed by atoms with Crippen LogP contribution in [-0.2, 0) is 0 Å². The summed E-state index contributed by atoms with van der Waals surface area (Å²) in [6, 6.07) is 9.28. The van der Waals surface area contributed by atoms with Crippen LogP contribution >= 0.6 is 11.6 Å². The quantitative estimate of drug-likeness (QED) is 0.832. The van der Waals surface area contributed by atoms with E-state index < -0.39 is 0 Å². The molecule has 118 valence electrons. The molecule has 21 heavy (non-hydrogen) atoms. The fourth-order valence-corrected chi connectivity index (χ4v) is 3.67. The second-order valence-electron chi connectivity index (χ2n) is 6.32. The van der Waals surface area contributed by atoms with Gasteiger partial charge in [-0.15, -0.1) is 0 Å². The van der Waals surface area contributed by atoms with Crippen LogP contribution < -0.4 is 5.32 Å². The van der Waals surface area contributed by atoms with Crippen molar-refractivity contribution < 1.29 is 0 Å². The minimum absolute atomic E-state index is 0.355. The van der Waals surface area contributed by atoms with Gasteiger partial charge in [0.2, 0.25) is 0 Å². The lowest BCUT2D eigenvalue weighted by Gasteiger charge is -2.38. The zero-order valence-electron chi connectivity index (χ0n) is 13.6. The number of rotatable bonds is 6. The summed E-state index contributed by atoms with van der Waals surface area (Å²) < 4.78 is 0. The maximum absolute atomic E-state index is 6.37. The first-order chi connectivity index (χ1) is 10.1. The monoisotopic (exact) mass is 308 g/mol. The van der Waals surface area contributed by atoms with Gasteiger partial charge in [-0.25, -0.2) is 0 Å². The Morgan fingerprint density at radius 1 is 1.33 bits per heavy atom. The van der Waals surface area contributed by atoms with E-state index >= 15 is 0 Å². The van der Waals surface area contributed by atoms with Crippen LogP contribution in [-0.4, -0.2) is 30.6 Å². The molecule has 0 bridgehead atoms. The molecule has 1 aromatic rings. The molecule has 1 heterocycles. The van der Waals surface area contributed by atoms with Crippen molar-refractivity contribution in [2.75, 3.05) is 19.6 Å². The van der Waals surface area contributed by atoms with E-state index in [4.69, 9.17) is 11.6 Å². The Hall–Kier alpha value is -0.570. The van der Waals surface area contributed by atoms with Crippen molar-refractivity contribution in [3.8, 4) is 0 Å². The summed E-state index contributed by atoms with van der Waals surface area (Å²) in [5, 5.41) is 4.47. The summed E-state index contributed by atoms with van der Waals surface area (Å²) in [6.07, 6.45) is 3.83. The van der Waals surface area contributed by atoms with Crippen molar-refractivity contribution in [1.29, 1.82) is 0 Å². The fourth-order valence-electron chi connectivity index (χ4n) is 3.40. The highest BCUT2D eigenvalue weighted by Gasteiger charge is 2.25. The standard InChI is InChI=1S/C18H29ClN2/c1-4-20-18(16-9-5-6-10-17(16)19)11-13-21-12-7-8-14(2)15(21)3/h5-6,9-10,14-15,18,20H,4,7-8,11-13H2,1-3H3. The van der Waals surface area contributed by atoms with Gasteiger partial charge in [0.1, 0.15) is 0 Å². The summed E-state index contributed by atoms with van der Waals surface area (Å²) in [4.78, 5) is 2.65. The lowest BCUT2D eigenvalue weighted by atomic mass is 9.91. The normalized spacial score (nSPS) is 25.0. The number of hydrogen-bond donors (Lipinski definition) is 1. The minimum Gasteiger partial charge on any atom is -0.310 e. The van der Waals surface area contributed by atoms with E-state index in [0.717, 1.165) is 30.5 Å². The van der Waals surface area contributed by atoms with Crippen LogP contribution in [0.3, 0.4) is 0 Å². The maximum atomic E-state index is 6.37. The van der Waals surface area contributed by atoms with Crippen molar-refractivity contribution in [3.63, 3.8) is 0 Å². The molecule has 0 aromatic heterocycles. The van der Waals surface area contributed by atoms with Gasteiger partial charge >= 0.3 is 0 Å². The van der Waals surface area contributed by atoms with Gasteiger partial charge in [0.25, 0.3) is 0 Å². The first-order valence-electron chi connectivity index (χ1n) is 8.35. The Morgan fingerprint density at radius 2 is 2.10 bits per heavy atom. The summed E-state index contributed by atoms with van der Waals surface area (Å²) in [6.45, 7) is 10.3. The van der Waals surface area contributed by atoms with Crippen molar-refractivity contribution in [2.24, 2.45) is 5.92 Å². The number of benzene rings is 1. The summed E-state index contributed by atoms with van der Waals surface area (Å²) >= 11 is 6.37. The van der Waals surface area contributed by atoms with Gasteiger partial charge in [0.15, 0.2) is 0 Å². The molecule has 1 aromatic carbocycles. The van der Waals surface area contributed by atoms with Crippen LogP contribution in [0.2, 0.25) is 5.02 Å². The molecule has 1 aliphatic rings. The lowest BCUT2D eigenvalue weighted by Crippen LogP contribution is -2.43. The van der Waals surface area contributed by atoms with Gasteiger partial charge in [-0.1, -0.05) is 43.6 Å². The molecule has 1 saturated heterocycles. The van der Waals surface area contributed by atoms with Crippen molar-refractivity contribution in [2.45, 2.75) is 52.1 Å². The molecule has 0 radical (unpaired) electrons. The zero-order valence-corrected chi connectivity index (χ0v) is 14.4. The largest absolute Gasteiger partial charge is 0.310 e. The van der Waals surface area contributed by atoms with E-state index in [1.807, 2.05) is 12.1 Å². The third-order valence-electron chi connectivity index (χ3n) is 4.94. The molecule has 2 nitrogen and oxygen atoms in total. The van der Waals surface area contributed by atoms with E-state index in [-0.39, 0.29) is 0 Å². The van der Waals surface area contributed by atoms with Crippen LogP contribution in [0.1, 0.15) is 51.6 Å². The first kappa shape index (κ1) is 16.8. The third kappa shape index (κ3) is 4.45. The Balaban J connectivity index is 1.99. The van der Waals surface area contributed by atoms with Crippen molar-refractivity contribution in [3.05, 3.63) is 34.9 Å². The van der Waals surface area contributed by atoms with E-state index in [2.05, 4.69) is 43.1 Å². The molecule has 0 spiro atoms. The van der Waals surface area contributed by atoms with Crippen LogP contribution in [0.4, 0.5) is 0 Å². The predicted molar refractivity (Wildman–Crippen MR) is 91.9 cm³/mol. The molecule has 3 atom stereocenters. The Labute approximate surface area is 134 Å². The predicted octanol–water partition coefficient (Wildman–Crippen LogP) is 4.50. The van der Waals surface area contributed by atoms with Crippen LogP contribution in [0.5, 0.6) is 0 Å². The summed E-state index contributed by atoms with van der Waals surface area (Å²) in [7, 11) is 0. The molecule has 3 heteroatoms. The topological polar surface area (TPSA) is 15.3 Å². The maximum Gasteiger partial charge on any atom is 0.0453 e. The Kier molecular flexibility index (Phi) is 6.53. The minimum atomic E-state index is 0.355. The lowest BCUT2D eigenvalue weighted by molar-refractivity contribution is 0.109. The Morgan fingerprint density at radius 3 is 2.81 bits per heavy atom.